The van der Waals surface area contributed by atoms with Crippen LogP contribution in [-0.2, 0) is 11.3 Å². The fourth-order valence-electron chi connectivity index (χ4n) is 3.03. The normalized spacial score (nSPS) is 25.3. The van der Waals surface area contributed by atoms with Crippen molar-refractivity contribution in [2.24, 2.45) is 0 Å². The van der Waals surface area contributed by atoms with Crippen LogP contribution in [0.4, 0.5) is 8.78 Å². The van der Waals surface area contributed by atoms with Crippen LogP contribution in [0, 0.1) is 11.6 Å². The molecule has 19 heavy (non-hydrogen) atoms. The Kier molecular flexibility index (Phi) is 3.54. The van der Waals surface area contributed by atoms with Crippen LogP contribution in [0.2, 0.25) is 0 Å². The number of hydrogen-bond donors (Lipinski definition) is 1. The standard InChI is InChI=1S/C15H19F2NO/c16-13-3-2-11(8-14(13)17)10-18-12-4-7-19-15(9-12)5-1-6-15/h2-3,8,12,18H,1,4-7,9-10H2. The molecule has 3 rings (SSSR count). The van der Waals surface area contributed by atoms with Crippen molar-refractivity contribution in [3.63, 3.8) is 0 Å². The highest BCUT2D eigenvalue weighted by molar-refractivity contribution is 5.17. The molecule has 0 bridgehead atoms. The lowest BCUT2D eigenvalue weighted by molar-refractivity contribution is -0.135. The van der Waals surface area contributed by atoms with Gasteiger partial charge in [-0.3, -0.25) is 0 Å². The van der Waals surface area contributed by atoms with Crippen molar-refractivity contribution in [1.29, 1.82) is 0 Å². The fourth-order valence-corrected chi connectivity index (χ4v) is 3.03. The Morgan fingerprint density at radius 1 is 1.26 bits per heavy atom. The van der Waals surface area contributed by atoms with E-state index in [1.807, 2.05) is 0 Å². The third-order valence-electron chi connectivity index (χ3n) is 4.34. The van der Waals surface area contributed by atoms with Gasteiger partial charge in [0.1, 0.15) is 0 Å². The minimum atomic E-state index is -0.789. The summed E-state index contributed by atoms with van der Waals surface area (Å²) >= 11 is 0. The van der Waals surface area contributed by atoms with Gasteiger partial charge in [0, 0.05) is 19.2 Å². The number of nitrogens with one attached hydrogen (secondary N) is 1. The second kappa shape index (κ2) is 5.17. The van der Waals surface area contributed by atoms with E-state index in [0.717, 1.165) is 37.9 Å². The highest BCUT2D eigenvalue weighted by Gasteiger charge is 2.42. The van der Waals surface area contributed by atoms with Crippen molar-refractivity contribution >= 4 is 0 Å². The SMILES string of the molecule is Fc1ccc(CNC2CCOC3(CCC3)C2)cc1F. The maximum absolute atomic E-state index is 13.1. The molecule has 1 aliphatic carbocycles. The van der Waals surface area contributed by atoms with Crippen molar-refractivity contribution in [2.75, 3.05) is 6.61 Å². The molecule has 0 radical (unpaired) electrons. The first-order valence-electron chi connectivity index (χ1n) is 6.98. The highest BCUT2D eigenvalue weighted by Crippen LogP contribution is 2.42. The zero-order valence-electron chi connectivity index (χ0n) is 10.9. The highest BCUT2D eigenvalue weighted by atomic mass is 19.2. The van der Waals surface area contributed by atoms with Crippen molar-refractivity contribution in [3.8, 4) is 0 Å². The average molecular weight is 267 g/mol. The average Bonchev–Trinajstić information content (AvgIpc) is 2.39. The van der Waals surface area contributed by atoms with E-state index in [-0.39, 0.29) is 5.60 Å². The molecular weight excluding hydrogens is 248 g/mol. The molecule has 2 aliphatic rings. The molecule has 1 aromatic rings. The molecule has 1 N–H and O–H groups in total. The zero-order chi connectivity index (χ0) is 13.3. The first kappa shape index (κ1) is 13.0. The first-order chi connectivity index (χ1) is 9.17. The van der Waals surface area contributed by atoms with Gasteiger partial charge in [0.15, 0.2) is 11.6 Å². The number of halogens is 2. The van der Waals surface area contributed by atoms with Crippen LogP contribution in [0.5, 0.6) is 0 Å². The summed E-state index contributed by atoms with van der Waals surface area (Å²) in [6.45, 7) is 1.38. The van der Waals surface area contributed by atoms with Crippen LogP contribution in [0.15, 0.2) is 18.2 Å². The van der Waals surface area contributed by atoms with E-state index in [1.165, 1.54) is 18.6 Å². The lowest BCUT2D eigenvalue weighted by atomic mass is 9.74. The maximum atomic E-state index is 13.1. The van der Waals surface area contributed by atoms with Gasteiger partial charge in [0.2, 0.25) is 0 Å². The molecule has 1 heterocycles. The fraction of sp³-hybridized carbons (Fsp3) is 0.600. The van der Waals surface area contributed by atoms with Gasteiger partial charge >= 0.3 is 0 Å². The van der Waals surface area contributed by atoms with E-state index in [4.69, 9.17) is 4.74 Å². The topological polar surface area (TPSA) is 21.3 Å². The van der Waals surface area contributed by atoms with E-state index in [2.05, 4.69) is 5.32 Å². The Morgan fingerprint density at radius 3 is 2.79 bits per heavy atom. The number of benzene rings is 1. The van der Waals surface area contributed by atoms with Gasteiger partial charge in [-0.05, 0) is 49.8 Å². The van der Waals surface area contributed by atoms with Crippen molar-refractivity contribution in [2.45, 2.75) is 50.3 Å². The molecule has 1 saturated carbocycles. The Labute approximate surface area is 112 Å². The molecule has 1 saturated heterocycles. The van der Waals surface area contributed by atoms with Crippen LogP contribution in [0.1, 0.15) is 37.7 Å². The summed E-state index contributed by atoms with van der Waals surface area (Å²) in [6.07, 6.45) is 5.62. The minimum Gasteiger partial charge on any atom is -0.375 e. The number of hydrogen-bond acceptors (Lipinski definition) is 2. The second-order valence-electron chi connectivity index (χ2n) is 5.70. The van der Waals surface area contributed by atoms with Crippen LogP contribution in [0.3, 0.4) is 0 Å². The number of ether oxygens (including phenoxy) is 1. The molecule has 0 amide bonds. The van der Waals surface area contributed by atoms with Crippen LogP contribution < -0.4 is 5.32 Å². The summed E-state index contributed by atoms with van der Waals surface area (Å²) in [5.74, 6) is -1.56. The van der Waals surface area contributed by atoms with E-state index >= 15 is 0 Å². The molecule has 2 nitrogen and oxygen atoms in total. The van der Waals surface area contributed by atoms with Gasteiger partial charge in [0.25, 0.3) is 0 Å². The van der Waals surface area contributed by atoms with E-state index in [0.29, 0.717) is 12.6 Å². The molecule has 1 aliphatic heterocycles. The lowest BCUT2D eigenvalue weighted by Crippen LogP contribution is -2.50. The second-order valence-corrected chi connectivity index (χ2v) is 5.70. The summed E-state index contributed by atoms with van der Waals surface area (Å²) in [6, 6.07) is 4.50. The van der Waals surface area contributed by atoms with Crippen molar-refractivity contribution in [1.82, 2.24) is 5.32 Å². The molecular formula is C15H19F2NO. The van der Waals surface area contributed by atoms with Gasteiger partial charge in [-0.25, -0.2) is 8.78 Å². The van der Waals surface area contributed by atoms with Crippen LogP contribution >= 0.6 is 0 Å². The summed E-state index contributed by atoms with van der Waals surface area (Å²) in [4.78, 5) is 0. The van der Waals surface area contributed by atoms with E-state index in [1.54, 1.807) is 6.07 Å². The van der Waals surface area contributed by atoms with Crippen LogP contribution in [-0.4, -0.2) is 18.2 Å². The summed E-state index contributed by atoms with van der Waals surface area (Å²) in [5.41, 5.74) is 0.900. The van der Waals surface area contributed by atoms with Gasteiger partial charge in [-0.1, -0.05) is 6.07 Å². The number of rotatable bonds is 3. The Morgan fingerprint density at radius 2 is 2.11 bits per heavy atom. The molecule has 0 aromatic heterocycles. The molecule has 1 unspecified atom stereocenters. The van der Waals surface area contributed by atoms with E-state index < -0.39 is 11.6 Å². The van der Waals surface area contributed by atoms with Crippen LogP contribution in [0.25, 0.3) is 0 Å². The predicted octanol–water partition coefficient (Wildman–Crippen LogP) is 3.16. The zero-order valence-corrected chi connectivity index (χ0v) is 10.9. The third kappa shape index (κ3) is 2.79. The summed E-state index contributed by atoms with van der Waals surface area (Å²) < 4.78 is 31.8. The van der Waals surface area contributed by atoms with Crippen molar-refractivity contribution in [3.05, 3.63) is 35.4 Å². The van der Waals surface area contributed by atoms with Crippen molar-refractivity contribution < 1.29 is 13.5 Å². The van der Waals surface area contributed by atoms with E-state index in [9.17, 15) is 8.78 Å². The Hall–Kier alpha value is -1.00. The summed E-state index contributed by atoms with van der Waals surface area (Å²) in [7, 11) is 0. The molecule has 1 atom stereocenters. The molecule has 4 heteroatoms. The van der Waals surface area contributed by atoms with Gasteiger partial charge in [-0.15, -0.1) is 0 Å². The quantitative estimate of drug-likeness (QED) is 0.908. The summed E-state index contributed by atoms with van der Waals surface area (Å²) in [5, 5.41) is 3.44. The predicted molar refractivity (Wildman–Crippen MR) is 68.8 cm³/mol. The minimum absolute atomic E-state index is 0.115. The third-order valence-corrected chi connectivity index (χ3v) is 4.34. The monoisotopic (exact) mass is 267 g/mol. The maximum Gasteiger partial charge on any atom is 0.159 e. The smallest absolute Gasteiger partial charge is 0.159 e. The Balaban J connectivity index is 1.55. The van der Waals surface area contributed by atoms with Gasteiger partial charge in [0.05, 0.1) is 5.60 Å². The lowest BCUT2D eigenvalue weighted by Gasteiger charge is -2.47. The van der Waals surface area contributed by atoms with Gasteiger partial charge < -0.3 is 10.1 Å². The molecule has 1 spiro atoms. The largest absolute Gasteiger partial charge is 0.375 e. The Bertz CT molecular complexity index is 459. The first-order valence-corrected chi connectivity index (χ1v) is 6.98. The molecule has 1 aromatic carbocycles. The molecule has 104 valence electrons. The van der Waals surface area contributed by atoms with Gasteiger partial charge in [-0.2, -0.15) is 0 Å². The molecule has 2 fully saturated rings.